The molecule has 0 unspecified atom stereocenters. The van der Waals surface area contributed by atoms with Gasteiger partial charge in [0.25, 0.3) is 5.91 Å². The van der Waals surface area contributed by atoms with Crippen molar-refractivity contribution >= 4 is 33.3 Å². The molecule has 27 heavy (non-hydrogen) atoms. The molecule has 0 fully saturated rings. The first-order chi connectivity index (χ1) is 13.1. The number of aromatic nitrogens is 2. The maximum atomic E-state index is 11.9. The third-order valence-corrected chi connectivity index (χ3v) is 3.84. The van der Waals surface area contributed by atoms with Crippen LogP contribution < -0.4 is 26.1 Å². The van der Waals surface area contributed by atoms with Crippen LogP contribution in [0.4, 0.5) is 11.5 Å². The van der Waals surface area contributed by atoms with Crippen molar-refractivity contribution in [2.75, 3.05) is 17.8 Å². The Morgan fingerprint density at radius 1 is 1.04 bits per heavy atom. The Labute approximate surface area is 163 Å². The summed E-state index contributed by atoms with van der Waals surface area (Å²) in [7, 11) is 0. The molecule has 0 atom stereocenters. The van der Waals surface area contributed by atoms with Crippen molar-refractivity contribution in [3.8, 4) is 17.4 Å². The first kappa shape index (κ1) is 18.5. The molecule has 2 aromatic carbocycles. The number of nitrogen functional groups attached to an aromatic ring is 1. The smallest absolute Gasteiger partial charge is 0.276 e. The summed E-state index contributed by atoms with van der Waals surface area (Å²) in [4.78, 5) is 19.9. The van der Waals surface area contributed by atoms with Gasteiger partial charge in [0, 0.05) is 4.47 Å². The third-order valence-electron chi connectivity index (χ3n) is 3.31. The number of carbonyl (C=O) groups excluding carboxylic acids is 1. The Bertz CT molecular complexity index is 907. The van der Waals surface area contributed by atoms with Crippen LogP contribution in [0.2, 0.25) is 0 Å². The SMILES string of the molecule is Nc1c(NNC(=O)COc2ccccc2)ncnc1Oc1ccc(Br)cc1. The number of nitrogens with one attached hydrogen (secondary N) is 2. The van der Waals surface area contributed by atoms with E-state index in [1.807, 2.05) is 30.3 Å². The molecule has 0 saturated heterocycles. The van der Waals surface area contributed by atoms with Crippen LogP contribution in [0.15, 0.2) is 65.4 Å². The number of halogens is 1. The summed E-state index contributed by atoms with van der Waals surface area (Å²) in [5.41, 5.74) is 11.3. The number of para-hydroxylation sites is 1. The largest absolute Gasteiger partial charge is 0.484 e. The van der Waals surface area contributed by atoms with Gasteiger partial charge in [-0.2, -0.15) is 4.98 Å². The van der Waals surface area contributed by atoms with Crippen molar-refractivity contribution in [2.45, 2.75) is 0 Å². The van der Waals surface area contributed by atoms with E-state index >= 15 is 0 Å². The van der Waals surface area contributed by atoms with Crippen LogP contribution in [-0.2, 0) is 4.79 Å². The van der Waals surface area contributed by atoms with Crippen LogP contribution in [0.1, 0.15) is 0 Å². The Morgan fingerprint density at radius 2 is 1.78 bits per heavy atom. The van der Waals surface area contributed by atoms with Crippen LogP contribution in [0, 0.1) is 0 Å². The zero-order chi connectivity index (χ0) is 19.1. The minimum atomic E-state index is -0.396. The van der Waals surface area contributed by atoms with Crippen LogP contribution in [0.5, 0.6) is 17.4 Å². The van der Waals surface area contributed by atoms with Crippen LogP contribution >= 0.6 is 15.9 Å². The lowest BCUT2D eigenvalue weighted by Gasteiger charge is -2.12. The van der Waals surface area contributed by atoms with Gasteiger partial charge in [-0.15, -0.1) is 0 Å². The van der Waals surface area contributed by atoms with Gasteiger partial charge in [-0.3, -0.25) is 15.6 Å². The molecule has 0 aliphatic carbocycles. The van der Waals surface area contributed by atoms with Gasteiger partial charge in [0.05, 0.1) is 0 Å². The van der Waals surface area contributed by atoms with Crippen molar-refractivity contribution in [1.29, 1.82) is 0 Å². The number of carbonyl (C=O) groups is 1. The maximum absolute atomic E-state index is 11.9. The number of benzene rings is 2. The second-order valence-electron chi connectivity index (χ2n) is 5.27. The fraction of sp³-hybridized carbons (Fsp3) is 0.0556. The van der Waals surface area contributed by atoms with Crippen molar-refractivity contribution in [1.82, 2.24) is 15.4 Å². The van der Waals surface area contributed by atoms with Gasteiger partial charge < -0.3 is 15.2 Å². The van der Waals surface area contributed by atoms with Gasteiger partial charge in [0.2, 0.25) is 5.88 Å². The molecule has 138 valence electrons. The summed E-state index contributed by atoms with van der Waals surface area (Å²) >= 11 is 3.35. The first-order valence-electron chi connectivity index (χ1n) is 7.88. The summed E-state index contributed by atoms with van der Waals surface area (Å²) in [5, 5.41) is 0. The van der Waals surface area contributed by atoms with E-state index < -0.39 is 5.91 Å². The monoisotopic (exact) mass is 429 g/mol. The summed E-state index contributed by atoms with van der Waals surface area (Å²) < 4.78 is 11.9. The van der Waals surface area contributed by atoms with Crippen LogP contribution in [-0.4, -0.2) is 22.5 Å². The molecule has 8 nitrogen and oxygen atoms in total. The molecule has 0 spiro atoms. The number of nitrogens with zero attached hydrogens (tertiary/aromatic N) is 2. The zero-order valence-electron chi connectivity index (χ0n) is 14.1. The van der Waals surface area contributed by atoms with E-state index in [0.29, 0.717) is 11.5 Å². The molecule has 0 aliphatic heterocycles. The number of rotatable bonds is 7. The standard InChI is InChI=1S/C18H16BrN5O3/c19-12-6-8-14(9-7-12)27-18-16(20)17(21-11-22-18)24-23-15(25)10-26-13-4-2-1-3-5-13/h1-9,11H,10,20H2,(H,23,25)(H,21,22,24). The van der Waals surface area contributed by atoms with E-state index in [2.05, 4.69) is 36.7 Å². The second-order valence-corrected chi connectivity index (χ2v) is 6.19. The number of hydrazine groups is 1. The molecule has 1 amide bonds. The van der Waals surface area contributed by atoms with Crippen molar-refractivity contribution in [3.63, 3.8) is 0 Å². The van der Waals surface area contributed by atoms with E-state index in [9.17, 15) is 4.79 Å². The molecule has 9 heteroatoms. The number of hydrogen-bond acceptors (Lipinski definition) is 7. The number of hydrogen-bond donors (Lipinski definition) is 3. The maximum Gasteiger partial charge on any atom is 0.276 e. The van der Waals surface area contributed by atoms with E-state index in [1.165, 1.54) is 6.33 Å². The average molecular weight is 430 g/mol. The lowest BCUT2D eigenvalue weighted by molar-refractivity contribution is -0.122. The molecular formula is C18H16BrN5O3. The fourth-order valence-electron chi connectivity index (χ4n) is 2.01. The Kier molecular flexibility index (Phi) is 6.06. The predicted octanol–water partition coefficient (Wildman–Crippen LogP) is 3.14. The number of ether oxygens (including phenoxy) is 2. The molecule has 0 bridgehead atoms. The molecule has 0 radical (unpaired) electrons. The van der Waals surface area contributed by atoms with Gasteiger partial charge in [0.15, 0.2) is 12.4 Å². The summed E-state index contributed by atoms with van der Waals surface area (Å²) in [6, 6.07) is 16.2. The Hall–Kier alpha value is -3.33. The van der Waals surface area contributed by atoms with Crippen molar-refractivity contribution < 1.29 is 14.3 Å². The van der Waals surface area contributed by atoms with E-state index in [4.69, 9.17) is 15.2 Å². The van der Waals surface area contributed by atoms with Gasteiger partial charge in [0.1, 0.15) is 23.5 Å². The summed E-state index contributed by atoms with van der Waals surface area (Å²) in [5.74, 6) is 1.15. The van der Waals surface area contributed by atoms with E-state index in [-0.39, 0.29) is 24.0 Å². The minimum Gasteiger partial charge on any atom is -0.484 e. The molecule has 0 saturated carbocycles. The van der Waals surface area contributed by atoms with Gasteiger partial charge in [-0.1, -0.05) is 34.1 Å². The highest BCUT2D eigenvalue weighted by molar-refractivity contribution is 9.10. The fourth-order valence-corrected chi connectivity index (χ4v) is 2.27. The van der Waals surface area contributed by atoms with E-state index in [1.54, 1.807) is 24.3 Å². The topological polar surface area (TPSA) is 111 Å². The highest BCUT2D eigenvalue weighted by atomic mass is 79.9. The molecular weight excluding hydrogens is 414 g/mol. The third kappa shape index (κ3) is 5.32. The molecule has 3 aromatic rings. The highest BCUT2D eigenvalue weighted by Crippen LogP contribution is 2.29. The molecule has 0 aliphatic rings. The van der Waals surface area contributed by atoms with Gasteiger partial charge in [-0.05, 0) is 36.4 Å². The van der Waals surface area contributed by atoms with Gasteiger partial charge in [-0.25, -0.2) is 4.98 Å². The lowest BCUT2D eigenvalue weighted by atomic mass is 10.3. The zero-order valence-corrected chi connectivity index (χ0v) is 15.6. The number of anilines is 2. The molecule has 1 aromatic heterocycles. The van der Waals surface area contributed by atoms with Crippen molar-refractivity contribution in [3.05, 3.63) is 65.4 Å². The molecule has 4 N–H and O–H groups in total. The van der Waals surface area contributed by atoms with Crippen LogP contribution in [0.3, 0.4) is 0 Å². The van der Waals surface area contributed by atoms with E-state index in [0.717, 1.165) is 4.47 Å². The first-order valence-corrected chi connectivity index (χ1v) is 8.68. The normalized spacial score (nSPS) is 10.1. The average Bonchev–Trinajstić information content (AvgIpc) is 2.69. The Morgan fingerprint density at radius 3 is 2.52 bits per heavy atom. The van der Waals surface area contributed by atoms with Gasteiger partial charge >= 0.3 is 0 Å². The van der Waals surface area contributed by atoms with Crippen LogP contribution in [0.25, 0.3) is 0 Å². The Balaban J connectivity index is 1.57. The predicted molar refractivity (Wildman–Crippen MR) is 104 cm³/mol. The quantitative estimate of drug-likeness (QED) is 0.494. The minimum absolute atomic E-state index is 0.157. The molecule has 3 rings (SSSR count). The second kappa shape index (κ2) is 8.86. The molecule has 1 heterocycles. The van der Waals surface area contributed by atoms with Crippen molar-refractivity contribution in [2.24, 2.45) is 0 Å². The highest BCUT2D eigenvalue weighted by Gasteiger charge is 2.11. The number of nitrogens with two attached hydrogens (primary N) is 1. The summed E-state index contributed by atoms with van der Waals surface area (Å²) in [6.07, 6.45) is 1.28. The lowest BCUT2D eigenvalue weighted by Crippen LogP contribution is -2.34. The summed E-state index contributed by atoms with van der Waals surface area (Å²) in [6.45, 7) is -0.162. The number of amides is 1.